The molecule has 4 heteroatoms. The van der Waals surface area contributed by atoms with Crippen molar-refractivity contribution in [2.24, 2.45) is 5.92 Å². The lowest BCUT2D eigenvalue weighted by atomic mass is 10.1. The summed E-state index contributed by atoms with van der Waals surface area (Å²) in [5.41, 5.74) is 0. The fourth-order valence-electron chi connectivity index (χ4n) is 2.58. The van der Waals surface area contributed by atoms with Gasteiger partial charge in [-0.15, -0.1) is 0 Å². The van der Waals surface area contributed by atoms with Gasteiger partial charge in [-0.05, 0) is 38.0 Å². The minimum Gasteiger partial charge on any atom is -0.468 e. The van der Waals surface area contributed by atoms with E-state index in [-0.39, 0.29) is 18.1 Å². The van der Waals surface area contributed by atoms with Crippen LogP contribution in [0, 0.1) is 5.92 Å². The van der Waals surface area contributed by atoms with E-state index in [4.69, 9.17) is 9.47 Å². The van der Waals surface area contributed by atoms with Crippen LogP contribution in [-0.4, -0.2) is 38.4 Å². The van der Waals surface area contributed by atoms with Crippen molar-refractivity contribution in [1.29, 1.82) is 0 Å². The number of carbonyl (C=O) groups excluding carboxylic acids is 1. The van der Waals surface area contributed by atoms with Gasteiger partial charge in [-0.2, -0.15) is 0 Å². The molecule has 2 aliphatic carbocycles. The van der Waals surface area contributed by atoms with Crippen molar-refractivity contribution < 1.29 is 14.3 Å². The molecule has 3 unspecified atom stereocenters. The highest BCUT2D eigenvalue weighted by molar-refractivity contribution is 5.76. The Balaban J connectivity index is 1.91. The van der Waals surface area contributed by atoms with Crippen LogP contribution in [0.3, 0.4) is 0 Å². The number of rotatable bonds is 5. The molecule has 0 spiro atoms. The molecule has 0 aliphatic heterocycles. The van der Waals surface area contributed by atoms with Crippen LogP contribution in [-0.2, 0) is 14.3 Å². The molecule has 16 heavy (non-hydrogen) atoms. The third kappa shape index (κ3) is 2.55. The molecular weight excluding hydrogens is 206 g/mol. The normalized spacial score (nSPS) is 31.4. The van der Waals surface area contributed by atoms with Gasteiger partial charge in [-0.25, -0.2) is 0 Å². The van der Waals surface area contributed by atoms with Crippen LogP contribution in [0.5, 0.6) is 0 Å². The predicted octanol–water partition coefficient (Wildman–Crippen LogP) is 1.10. The first-order valence-electron chi connectivity index (χ1n) is 6.13. The summed E-state index contributed by atoms with van der Waals surface area (Å²) in [6.07, 6.45) is 5.89. The number of carbonyl (C=O) groups is 1. The van der Waals surface area contributed by atoms with Gasteiger partial charge in [0.2, 0.25) is 0 Å². The fraction of sp³-hybridized carbons (Fsp3) is 0.917. The zero-order chi connectivity index (χ0) is 11.5. The van der Waals surface area contributed by atoms with Crippen molar-refractivity contribution in [3.05, 3.63) is 0 Å². The summed E-state index contributed by atoms with van der Waals surface area (Å²) in [6, 6.07) is 0.195. The SMILES string of the molecule is COC(=O)C(NC1CCCC1OC)C1CC1. The van der Waals surface area contributed by atoms with Gasteiger partial charge < -0.3 is 9.47 Å². The maximum absolute atomic E-state index is 11.7. The Morgan fingerprint density at radius 1 is 1.25 bits per heavy atom. The van der Waals surface area contributed by atoms with Crippen LogP contribution in [0.4, 0.5) is 0 Å². The summed E-state index contributed by atoms with van der Waals surface area (Å²) in [6.45, 7) is 0. The smallest absolute Gasteiger partial charge is 0.323 e. The molecule has 0 amide bonds. The number of esters is 1. The first kappa shape index (κ1) is 11.9. The molecule has 0 radical (unpaired) electrons. The quantitative estimate of drug-likeness (QED) is 0.714. The molecule has 0 bridgehead atoms. The molecular formula is C12H21NO3. The van der Waals surface area contributed by atoms with E-state index in [0.717, 1.165) is 25.7 Å². The van der Waals surface area contributed by atoms with E-state index in [0.29, 0.717) is 12.0 Å². The molecule has 2 aliphatic rings. The minimum atomic E-state index is -0.121. The molecule has 2 rings (SSSR count). The number of ether oxygens (including phenoxy) is 2. The highest BCUT2D eigenvalue weighted by Crippen LogP contribution is 2.34. The van der Waals surface area contributed by atoms with E-state index in [1.54, 1.807) is 7.11 Å². The Bertz CT molecular complexity index is 253. The fourth-order valence-corrected chi connectivity index (χ4v) is 2.58. The first-order chi connectivity index (χ1) is 7.76. The maximum atomic E-state index is 11.7. The van der Waals surface area contributed by atoms with Crippen LogP contribution in [0.25, 0.3) is 0 Å². The minimum absolute atomic E-state index is 0.120. The lowest BCUT2D eigenvalue weighted by molar-refractivity contribution is -0.144. The summed E-state index contributed by atoms with van der Waals surface area (Å²) in [5.74, 6) is 0.356. The van der Waals surface area contributed by atoms with Gasteiger partial charge in [-0.1, -0.05) is 0 Å². The summed E-state index contributed by atoms with van der Waals surface area (Å²) >= 11 is 0. The van der Waals surface area contributed by atoms with E-state index >= 15 is 0 Å². The van der Waals surface area contributed by atoms with Crippen LogP contribution >= 0.6 is 0 Å². The summed E-state index contributed by atoms with van der Waals surface area (Å²) in [7, 11) is 3.21. The lowest BCUT2D eigenvalue weighted by Gasteiger charge is -2.24. The number of hydrogen-bond donors (Lipinski definition) is 1. The Labute approximate surface area is 96.7 Å². The van der Waals surface area contributed by atoms with E-state index in [1.807, 2.05) is 0 Å². The molecule has 92 valence electrons. The van der Waals surface area contributed by atoms with Crippen molar-refractivity contribution in [3.8, 4) is 0 Å². The second kappa shape index (κ2) is 5.15. The molecule has 4 nitrogen and oxygen atoms in total. The molecule has 1 N–H and O–H groups in total. The van der Waals surface area contributed by atoms with Gasteiger partial charge in [0.15, 0.2) is 0 Å². The van der Waals surface area contributed by atoms with Gasteiger partial charge in [0, 0.05) is 13.2 Å². The zero-order valence-corrected chi connectivity index (χ0v) is 10.1. The zero-order valence-electron chi connectivity index (χ0n) is 10.1. The Morgan fingerprint density at radius 2 is 2.00 bits per heavy atom. The largest absolute Gasteiger partial charge is 0.468 e. The van der Waals surface area contributed by atoms with Gasteiger partial charge in [0.1, 0.15) is 6.04 Å². The average Bonchev–Trinajstić information content (AvgIpc) is 3.04. The standard InChI is InChI=1S/C12H21NO3/c1-15-10-5-3-4-9(10)13-11(8-6-7-8)12(14)16-2/h8-11,13H,3-7H2,1-2H3. The Hall–Kier alpha value is -0.610. The van der Waals surface area contributed by atoms with Crippen molar-refractivity contribution in [1.82, 2.24) is 5.32 Å². The van der Waals surface area contributed by atoms with E-state index < -0.39 is 0 Å². The number of methoxy groups -OCH3 is 2. The van der Waals surface area contributed by atoms with Crippen molar-refractivity contribution in [2.75, 3.05) is 14.2 Å². The number of nitrogens with one attached hydrogen (secondary N) is 1. The second-order valence-corrected chi connectivity index (χ2v) is 4.82. The highest BCUT2D eigenvalue weighted by Gasteiger charge is 2.40. The highest BCUT2D eigenvalue weighted by atomic mass is 16.5. The van der Waals surface area contributed by atoms with Gasteiger partial charge >= 0.3 is 5.97 Å². The monoisotopic (exact) mass is 227 g/mol. The summed E-state index contributed by atoms with van der Waals surface area (Å²) < 4.78 is 10.3. The lowest BCUT2D eigenvalue weighted by Crippen LogP contribution is -2.48. The van der Waals surface area contributed by atoms with Crippen LogP contribution in [0.2, 0.25) is 0 Å². The molecule has 2 fully saturated rings. The Morgan fingerprint density at radius 3 is 2.56 bits per heavy atom. The van der Waals surface area contributed by atoms with E-state index in [2.05, 4.69) is 5.32 Å². The second-order valence-electron chi connectivity index (χ2n) is 4.82. The van der Waals surface area contributed by atoms with Crippen LogP contribution in [0.15, 0.2) is 0 Å². The molecule has 3 atom stereocenters. The van der Waals surface area contributed by atoms with E-state index in [9.17, 15) is 4.79 Å². The predicted molar refractivity (Wildman–Crippen MR) is 60.1 cm³/mol. The third-order valence-corrected chi connectivity index (χ3v) is 3.70. The molecule has 0 aromatic heterocycles. The van der Waals surface area contributed by atoms with Crippen molar-refractivity contribution >= 4 is 5.97 Å². The molecule has 0 aromatic carbocycles. The molecule has 0 heterocycles. The summed E-state index contributed by atoms with van der Waals surface area (Å²) in [5, 5.41) is 3.43. The summed E-state index contributed by atoms with van der Waals surface area (Å²) in [4.78, 5) is 11.7. The van der Waals surface area contributed by atoms with Crippen LogP contribution in [0.1, 0.15) is 32.1 Å². The Kier molecular flexibility index (Phi) is 3.82. The van der Waals surface area contributed by atoms with Gasteiger partial charge in [-0.3, -0.25) is 10.1 Å². The van der Waals surface area contributed by atoms with Gasteiger partial charge in [0.25, 0.3) is 0 Å². The average molecular weight is 227 g/mol. The maximum Gasteiger partial charge on any atom is 0.323 e. The molecule has 0 saturated heterocycles. The topological polar surface area (TPSA) is 47.6 Å². The first-order valence-corrected chi connectivity index (χ1v) is 6.13. The molecule has 2 saturated carbocycles. The molecule has 0 aromatic rings. The van der Waals surface area contributed by atoms with Crippen molar-refractivity contribution in [3.63, 3.8) is 0 Å². The van der Waals surface area contributed by atoms with Gasteiger partial charge in [0.05, 0.1) is 13.2 Å². The number of hydrogen-bond acceptors (Lipinski definition) is 4. The van der Waals surface area contributed by atoms with Crippen molar-refractivity contribution in [2.45, 2.75) is 50.3 Å². The van der Waals surface area contributed by atoms with Crippen LogP contribution < -0.4 is 5.32 Å². The van der Waals surface area contributed by atoms with E-state index in [1.165, 1.54) is 13.5 Å². The third-order valence-electron chi connectivity index (χ3n) is 3.70.